The lowest BCUT2D eigenvalue weighted by atomic mass is 10.1. The molecule has 0 aliphatic carbocycles. The normalized spacial score (nSPS) is 10.8. The van der Waals surface area contributed by atoms with Crippen LogP contribution < -0.4 is 10.6 Å². The molecule has 96 valence electrons. The summed E-state index contributed by atoms with van der Waals surface area (Å²) in [6.45, 7) is 6.45. The maximum Gasteiger partial charge on any atom is 0.0587 e. The van der Waals surface area contributed by atoms with Crippen molar-refractivity contribution < 1.29 is 4.74 Å². The lowest BCUT2D eigenvalue weighted by molar-refractivity contribution is 0.199. The number of nitrogens with one attached hydrogen (secondary N) is 2. The Labute approximate surface area is 109 Å². The number of ether oxygens (including phenoxy) is 1. The fourth-order valence-corrected chi connectivity index (χ4v) is 1.94. The summed E-state index contributed by atoms with van der Waals surface area (Å²) in [5.41, 5.74) is 2.43. The van der Waals surface area contributed by atoms with Crippen molar-refractivity contribution in [2.75, 3.05) is 33.4 Å². The molecule has 0 aliphatic heterocycles. The Hall–Kier alpha value is -0.610. The minimum atomic E-state index is 0.757. The van der Waals surface area contributed by atoms with Gasteiger partial charge >= 0.3 is 0 Å². The molecular formula is C13H21ClN2O. The van der Waals surface area contributed by atoms with Crippen LogP contribution in [0, 0.1) is 6.92 Å². The Balaban J connectivity index is 2.13. The monoisotopic (exact) mass is 256 g/mol. The van der Waals surface area contributed by atoms with Crippen LogP contribution in [0.25, 0.3) is 0 Å². The van der Waals surface area contributed by atoms with Gasteiger partial charge in [-0.05, 0) is 30.2 Å². The molecule has 1 aromatic rings. The Bertz CT molecular complexity index is 311. The van der Waals surface area contributed by atoms with Crippen LogP contribution in [0.15, 0.2) is 18.2 Å². The Kier molecular flexibility index (Phi) is 7.21. The molecule has 0 aliphatic rings. The van der Waals surface area contributed by atoms with E-state index in [1.54, 1.807) is 7.11 Å². The van der Waals surface area contributed by atoms with Crippen LogP contribution in [0.3, 0.4) is 0 Å². The summed E-state index contributed by atoms with van der Waals surface area (Å²) in [5.74, 6) is 0. The molecule has 1 rings (SSSR count). The molecule has 0 heterocycles. The van der Waals surface area contributed by atoms with Crippen LogP contribution in [-0.2, 0) is 11.3 Å². The fraction of sp³-hybridized carbons (Fsp3) is 0.538. The lowest BCUT2D eigenvalue weighted by Gasteiger charge is -2.07. The van der Waals surface area contributed by atoms with E-state index in [0.717, 1.165) is 37.8 Å². The van der Waals surface area contributed by atoms with Gasteiger partial charge < -0.3 is 15.4 Å². The highest BCUT2D eigenvalue weighted by Crippen LogP contribution is 2.14. The van der Waals surface area contributed by atoms with Gasteiger partial charge in [0.2, 0.25) is 0 Å². The SMILES string of the molecule is COCCNCCNCc1cc(C)cc(Cl)c1. The molecule has 0 spiro atoms. The van der Waals surface area contributed by atoms with Gasteiger partial charge in [-0.2, -0.15) is 0 Å². The number of methoxy groups -OCH3 is 1. The summed E-state index contributed by atoms with van der Waals surface area (Å²) in [4.78, 5) is 0. The number of rotatable bonds is 8. The largest absolute Gasteiger partial charge is 0.383 e. The first-order valence-corrected chi connectivity index (χ1v) is 6.26. The number of benzene rings is 1. The van der Waals surface area contributed by atoms with Crippen molar-refractivity contribution in [2.24, 2.45) is 0 Å². The van der Waals surface area contributed by atoms with E-state index in [1.165, 1.54) is 11.1 Å². The second-order valence-electron chi connectivity index (χ2n) is 4.06. The maximum atomic E-state index is 5.99. The van der Waals surface area contributed by atoms with Crippen molar-refractivity contribution >= 4 is 11.6 Å². The number of hydrogen-bond donors (Lipinski definition) is 2. The smallest absolute Gasteiger partial charge is 0.0587 e. The Morgan fingerprint density at radius 3 is 2.59 bits per heavy atom. The maximum absolute atomic E-state index is 5.99. The van der Waals surface area contributed by atoms with Crippen molar-refractivity contribution in [2.45, 2.75) is 13.5 Å². The summed E-state index contributed by atoms with van der Waals surface area (Å²) >= 11 is 5.99. The molecule has 0 saturated heterocycles. The predicted molar refractivity (Wildman–Crippen MR) is 72.6 cm³/mol. The van der Waals surface area contributed by atoms with Crippen LogP contribution in [0.2, 0.25) is 5.02 Å². The van der Waals surface area contributed by atoms with E-state index >= 15 is 0 Å². The van der Waals surface area contributed by atoms with Gasteiger partial charge in [0, 0.05) is 38.3 Å². The first-order valence-electron chi connectivity index (χ1n) is 5.89. The van der Waals surface area contributed by atoms with Crippen LogP contribution >= 0.6 is 11.6 Å². The average Bonchev–Trinajstić information content (AvgIpc) is 2.26. The van der Waals surface area contributed by atoms with E-state index < -0.39 is 0 Å². The van der Waals surface area contributed by atoms with Gasteiger partial charge in [0.25, 0.3) is 0 Å². The van der Waals surface area contributed by atoms with Crippen molar-refractivity contribution in [1.29, 1.82) is 0 Å². The molecule has 0 atom stereocenters. The highest BCUT2D eigenvalue weighted by atomic mass is 35.5. The summed E-state index contributed by atoms with van der Waals surface area (Å²) in [6, 6.07) is 6.12. The first kappa shape index (κ1) is 14.5. The summed E-state index contributed by atoms with van der Waals surface area (Å²) in [5, 5.41) is 7.46. The first-order chi connectivity index (χ1) is 8.22. The zero-order chi connectivity index (χ0) is 12.5. The Morgan fingerprint density at radius 2 is 1.88 bits per heavy atom. The molecule has 3 nitrogen and oxygen atoms in total. The minimum Gasteiger partial charge on any atom is -0.383 e. The van der Waals surface area contributed by atoms with Crippen LogP contribution in [0.4, 0.5) is 0 Å². The second-order valence-corrected chi connectivity index (χ2v) is 4.49. The lowest BCUT2D eigenvalue weighted by Crippen LogP contribution is -2.29. The Morgan fingerprint density at radius 1 is 1.12 bits per heavy atom. The van der Waals surface area contributed by atoms with Crippen molar-refractivity contribution in [3.05, 3.63) is 34.3 Å². The van der Waals surface area contributed by atoms with Gasteiger partial charge in [-0.3, -0.25) is 0 Å². The molecular weight excluding hydrogens is 236 g/mol. The van der Waals surface area contributed by atoms with Crippen LogP contribution in [0.1, 0.15) is 11.1 Å². The van der Waals surface area contributed by atoms with Crippen LogP contribution in [-0.4, -0.2) is 33.4 Å². The molecule has 17 heavy (non-hydrogen) atoms. The van der Waals surface area contributed by atoms with Gasteiger partial charge in [0.05, 0.1) is 6.61 Å². The third kappa shape index (κ3) is 6.64. The van der Waals surface area contributed by atoms with Crippen molar-refractivity contribution in [3.63, 3.8) is 0 Å². The van der Waals surface area contributed by atoms with E-state index in [0.29, 0.717) is 0 Å². The second kappa shape index (κ2) is 8.48. The van der Waals surface area contributed by atoms with Crippen molar-refractivity contribution in [1.82, 2.24) is 10.6 Å². The van der Waals surface area contributed by atoms with Crippen LogP contribution in [0.5, 0.6) is 0 Å². The minimum absolute atomic E-state index is 0.757. The third-order valence-corrected chi connectivity index (χ3v) is 2.61. The molecule has 0 unspecified atom stereocenters. The number of hydrogen-bond acceptors (Lipinski definition) is 3. The predicted octanol–water partition coefficient (Wildman–Crippen LogP) is 1.97. The van der Waals surface area contributed by atoms with Crippen molar-refractivity contribution in [3.8, 4) is 0 Å². The van der Waals surface area contributed by atoms with E-state index in [9.17, 15) is 0 Å². The standard InChI is InChI=1S/C13H21ClN2O/c1-11-7-12(9-13(14)8-11)10-16-4-3-15-5-6-17-2/h7-9,15-16H,3-6,10H2,1-2H3. The van der Waals surface area contributed by atoms with E-state index in [1.807, 2.05) is 12.1 Å². The molecule has 0 amide bonds. The zero-order valence-electron chi connectivity index (χ0n) is 10.6. The van der Waals surface area contributed by atoms with E-state index in [2.05, 4.69) is 23.6 Å². The molecule has 1 aromatic carbocycles. The molecule has 4 heteroatoms. The molecule has 2 N–H and O–H groups in total. The average molecular weight is 257 g/mol. The molecule has 0 radical (unpaired) electrons. The summed E-state index contributed by atoms with van der Waals surface area (Å²) < 4.78 is 4.95. The number of aryl methyl sites for hydroxylation is 1. The van der Waals surface area contributed by atoms with E-state index in [-0.39, 0.29) is 0 Å². The fourth-order valence-electron chi connectivity index (χ4n) is 1.62. The zero-order valence-corrected chi connectivity index (χ0v) is 11.3. The quantitative estimate of drug-likeness (QED) is 0.698. The molecule has 0 bridgehead atoms. The van der Waals surface area contributed by atoms with Gasteiger partial charge in [0.15, 0.2) is 0 Å². The topological polar surface area (TPSA) is 33.3 Å². The highest BCUT2D eigenvalue weighted by Gasteiger charge is 1.96. The van der Waals surface area contributed by atoms with Gasteiger partial charge in [-0.25, -0.2) is 0 Å². The molecule has 0 aromatic heterocycles. The highest BCUT2D eigenvalue weighted by molar-refractivity contribution is 6.30. The summed E-state index contributed by atoms with van der Waals surface area (Å²) in [7, 11) is 1.71. The van der Waals surface area contributed by atoms with Gasteiger partial charge in [-0.15, -0.1) is 0 Å². The van der Waals surface area contributed by atoms with Gasteiger partial charge in [-0.1, -0.05) is 17.7 Å². The van der Waals surface area contributed by atoms with E-state index in [4.69, 9.17) is 16.3 Å². The third-order valence-electron chi connectivity index (χ3n) is 2.39. The molecule has 0 saturated carbocycles. The summed E-state index contributed by atoms with van der Waals surface area (Å²) in [6.07, 6.45) is 0. The molecule has 0 fully saturated rings. The van der Waals surface area contributed by atoms with Gasteiger partial charge in [0.1, 0.15) is 0 Å². The number of halogens is 1.